The number of aryl methyl sites for hydroxylation is 1. The van der Waals surface area contributed by atoms with Crippen molar-refractivity contribution in [2.75, 3.05) is 45.9 Å². The van der Waals surface area contributed by atoms with Gasteiger partial charge in [-0.1, -0.05) is 11.6 Å². The van der Waals surface area contributed by atoms with Gasteiger partial charge in [-0.3, -0.25) is 4.79 Å². The highest BCUT2D eigenvalue weighted by Crippen LogP contribution is 2.20. The van der Waals surface area contributed by atoms with Crippen LogP contribution in [0, 0.1) is 6.92 Å². The van der Waals surface area contributed by atoms with Crippen LogP contribution in [0.25, 0.3) is 0 Å². The second kappa shape index (κ2) is 8.98. The lowest BCUT2D eigenvalue weighted by atomic mass is 10.2. The van der Waals surface area contributed by atoms with Crippen LogP contribution in [-0.4, -0.2) is 56.7 Å². The van der Waals surface area contributed by atoms with E-state index in [1.54, 1.807) is 12.1 Å². The van der Waals surface area contributed by atoms with Gasteiger partial charge in [0.15, 0.2) is 6.61 Å². The van der Waals surface area contributed by atoms with Crippen molar-refractivity contribution >= 4 is 17.5 Å². The number of carbonyl (C=O) groups excluding carboxylic acids is 1. The Hall–Kier alpha value is -1.30. The molecule has 1 aliphatic heterocycles. The maximum atomic E-state index is 11.7. The second-order valence-corrected chi connectivity index (χ2v) is 5.90. The standard InChI is InChI=1S/C16H24ClN3O2/c1-13-11-14(3-4-15(13)17)22-12-16(21)19-5-2-8-20-9-6-18-7-10-20/h3-4,11,18H,2,5-10,12H2,1H3,(H,19,21). The fourth-order valence-electron chi connectivity index (χ4n) is 2.37. The molecule has 0 unspecified atom stereocenters. The fourth-order valence-corrected chi connectivity index (χ4v) is 2.49. The number of hydrogen-bond acceptors (Lipinski definition) is 4. The van der Waals surface area contributed by atoms with Gasteiger partial charge in [-0.15, -0.1) is 0 Å². The molecule has 1 aromatic carbocycles. The highest BCUT2D eigenvalue weighted by molar-refractivity contribution is 6.31. The van der Waals surface area contributed by atoms with Crippen molar-refractivity contribution in [1.29, 1.82) is 0 Å². The first-order valence-corrected chi connectivity index (χ1v) is 8.11. The lowest BCUT2D eigenvalue weighted by molar-refractivity contribution is -0.123. The van der Waals surface area contributed by atoms with E-state index in [0.717, 1.165) is 44.7 Å². The second-order valence-electron chi connectivity index (χ2n) is 5.49. The summed E-state index contributed by atoms with van der Waals surface area (Å²) in [6.07, 6.45) is 0.964. The summed E-state index contributed by atoms with van der Waals surface area (Å²) in [5.74, 6) is 0.575. The predicted molar refractivity (Wildman–Crippen MR) is 88.6 cm³/mol. The fraction of sp³-hybridized carbons (Fsp3) is 0.562. The molecule has 1 fully saturated rings. The lowest BCUT2D eigenvalue weighted by Gasteiger charge is -2.27. The van der Waals surface area contributed by atoms with Crippen molar-refractivity contribution in [3.63, 3.8) is 0 Å². The number of nitrogens with zero attached hydrogens (tertiary/aromatic N) is 1. The van der Waals surface area contributed by atoms with Gasteiger partial charge in [0, 0.05) is 37.7 Å². The van der Waals surface area contributed by atoms with Gasteiger partial charge in [0.05, 0.1) is 0 Å². The van der Waals surface area contributed by atoms with Gasteiger partial charge < -0.3 is 20.3 Å². The largest absolute Gasteiger partial charge is 0.484 e. The van der Waals surface area contributed by atoms with Crippen molar-refractivity contribution in [3.05, 3.63) is 28.8 Å². The maximum Gasteiger partial charge on any atom is 0.257 e. The normalized spacial score (nSPS) is 15.5. The Balaban J connectivity index is 1.58. The van der Waals surface area contributed by atoms with Crippen LogP contribution in [0.15, 0.2) is 18.2 Å². The number of amides is 1. The quantitative estimate of drug-likeness (QED) is 0.745. The molecule has 2 rings (SSSR count). The molecule has 122 valence electrons. The number of nitrogens with one attached hydrogen (secondary N) is 2. The summed E-state index contributed by atoms with van der Waals surface area (Å²) < 4.78 is 5.46. The monoisotopic (exact) mass is 325 g/mol. The molecule has 1 amide bonds. The Morgan fingerprint density at radius 2 is 2.18 bits per heavy atom. The Morgan fingerprint density at radius 1 is 1.41 bits per heavy atom. The zero-order valence-corrected chi connectivity index (χ0v) is 13.8. The van der Waals surface area contributed by atoms with Crippen LogP contribution in [0.1, 0.15) is 12.0 Å². The zero-order valence-electron chi connectivity index (χ0n) is 13.0. The molecule has 1 saturated heterocycles. The van der Waals surface area contributed by atoms with Crippen molar-refractivity contribution in [3.8, 4) is 5.75 Å². The number of halogens is 1. The molecule has 1 aromatic rings. The van der Waals surface area contributed by atoms with E-state index in [1.165, 1.54) is 0 Å². The molecule has 0 spiro atoms. The van der Waals surface area contributed by atoms with Crippen LogP contribution in [0.2, 0.25) is 5.02 Å². The molecule has 0 saturated carbocycles. The van der Waals surface area contributed by atoms with Gasteiger partial charge in [0.25, 0.3) is 5.91 Å². The van der Waals surface area contributed by atoms with Crippen molar-refractivity contribution < 1.29 is 9.53 Å². The topological polar surface area (TPSA) is 53.6 Å². The molecule has 0 bridgehead atoms. The molecule has 1 heterocycles. The number of piperazine rings is 1. The van der Waals surface area contributed by atoms with E-state index >= 15 is 0 Å². The van der Waals surface area contributed by atoms with E-state index in [2.05, 4.69) is 15.5 Å². The van der Waals surface area contributed by atoms with Gasteiger partial charge >= 0.3 is 0 Å². The summed E-state index contributed by atoms with van der Waals surface area (Å²) >= 11 is 5.95. The first kappa shape index (κ1) is 17.1. The van der Waals surface area contributed by atoms with E-state index in [4.69, 9.17) is 16.3 Å². The van der Waals surface area contributed by atoms with Gasteiger partial charge in [-0.25, -0.2) is 0 Å². The highest BCUT2D eigenvalue weighted by atomic mass is 35.5. The third-order valence-electron chi connectivity index (χ3n) is 3.68. The molecule has 1 aliphatic rings. The molecule has 0 aliphatic carbocycles. The Bertz CT molecular complexity index is 490. The molecule has 6 heteroatoms. The molecule has 0 radical (unpaired) electrons. The number of rotatable bonds is 7. The van der Waals surface area contributed by atoms with Crippen molar-refractivity contribution in [2.45, 2.75) is 13.3 Å². The van der Waals surface area contributed by atoms with Crippen LogP contribution < -0.4 is 15.4 Å². The summed E-state index contributed by atoms with van der Waals surface area (Å²) in [6, 6.07) is 5.38. The molecule has 2 N–H and O–H groups in total. The molecular formula is C16H24ClN3O2. The van der Waals surface area contributed by atoms with E-state index < -0.39 is 0 Å². The highest BCUT2D eigenvalue weighted by Gasteiger charge is 2.09. The predicted octanol–water partition coefficient (Wildman–Crippen LogP) is 1.44. The third-order valence-corrected chi connectivity index (χ3v) is 4.11. The first-order chi connectivity index (χ1) is 10.6. The molecule has 22 heavy (non-hydrogen) atoms. The smallest absolute Gasteiger partial charge is 0.257 e. The van der Waals surface area contributed by atoms with Crippen molar-refractivity contribution in [1.82, 2.24) is 15.5 Å². The Kier molecular flexibility index (Phi) is 6.96. The number of hydrogen-bond donors (Lipinski definition) is 2. The first-order valence-electron chi connectivity index (χ1n) is 7.74. The number of carbonyl (C=O) groups is 1. The molecule has 5 nitrogen and oxygen atoms in total. The van der Waals surface area contributed by atoms with E-state index in [0.29, 0.717) is 17.3 Å². The summed E-state index contributed by atoms with van der Waals surface area (Å²) in [4.78, 5) is 14.1. The van der Waals surface area contributed by atoms with Crippen LogP contribution in [0.4, 0.5) is 0 Å². The minimum absolute atomic E-state index is 0.0364. The van der Waals surface area contributed by atoms with Gasteiger partial charge in [0.1, 0.15) is 5.75 Å². The summed E-state index contributed by atoms with van der Waals surface area (Å²) in [7, 11) is 0. The summed E-state index contributed by atoms with van der Waals surface area (Å²) in [6.45, 7) is 7.95. The molecule has 0 atom stereocenters. The summed E-state index contributed by atoms with van der Waals surface area (Å²) in [5, 5.41) is 6.91. The number of benzene rings is 1. The van der Waals surface area contributed by atoms with Crippen molar-refractivity contribution in [2.24, 2.45) is 0 Å². The average molecular weight is 326 g/mol. The minimum atomic E-state index is -0.0899. The average Bonchev–Trinajstić information content (AvgIpc) is 2.54. The van der Waals surface area contributed by atoms with Gasteiger partial charge in [-0.05, 0) is 43.7 Å². The SMILES string of the molecule is Cc1cc(OCC(=O)NCCCN2CCNCC2)ccc1Cl. The minimum Gasteiger partial charge on any atom is -0.484 e. The van der Waals surface area contributed by atoms with E-state index in [9.17, 15) is 4.79 Å². The maximum absolute atomic E-state index is 11.7. The molecular weight excluding hydrogens is 302 g/mol. The van der Waals surface area contributed by atoms with Crippen LogP contribution in [0.3, 0.4) is 0 Å². The van der Waals surface area contributed by atoms with Crippen LogP contribution >= 0.6 is 11.6 Å². The van der Waals surface area contributed by atoms with Crippen LogP contribution in [-0.2, 0) is 4.79 Å². The lowest BCUT2D eigenvalue weighted by Crippen LogP contribution is -2.44. The Labute approximate surface area is 137 Å². The summed E-state index contributed by atoms with van der Waals surface area (Å²) in [5.41, 5.74) is 0.940. The Morgan fingerprint density at radius 3 is 2.91 bits per heavy atom. The van der Waals surface area contributed by atoms with E-state index in [1.807, 2.05) is 13.0 Å². The molecule has 0 aromatic heterocycles. The van der Waals surface area contributed by atoms with Gasteiger partial charge in [0.2, 0.25) is 0 Å². The number of ether oxygens (including phenoxy) is 1. The van der Waals surface area contributed by atoms with E-state index in [-0.39, 0.29) is 12.5 Å². The van der Waals surface area contributed by atoms with Gasteiger partial charge in [-0.2, -0.15) is 0 Å². The zero-order chi connectivity index (χ0) is 15.8. The third kappa shape index (κ3) is 5.83. The van der Waals surface area contributed by atoms with Crippen LogP contribution in [0.5, 0.6) is 5.75 Å².